The Morgan fingerprint density at radius 3 is 2.24 bits per heavy atom. The van der Waals surface area contributed by atoms with Gasteiger partial charge in [-0.2, -0.15) is 0 Å². The summed E-state index contributed by atoms with van der Waals surface area (Å²) in [5.74, 6) is 0.487. The second kappa shape index (κ2) is 7.21. The first kappa shape index (κ1) is 17.4. The minimum Gasteiger partial charge on any atom is -0.348 e. The first-order valence-corrected chi connectivity index (χ1v) is 8.94. The summed E-state index contributed by atoms with van der Waals surface area (Å²) in [6, 6.07) is 12.1. The average molecular weight is 338 g/mol. The van der Waals surface area contributed by atoms with Gasteiger partial charge in [-0.1, -0.05) is 45.7 Å². The van der Waals surface area contributed by atoms with E-state index in [4.69, 9.17) is 0 Å². The Hall–Kier alpha value is -2.43. The quantitative estimate of drug-likeness (QED) is 0.877. The van der Waals surface area contributed by atoms with Crippen LogP contribution in [0.1, 0.15) is 62.5 Å². The number of aromatic nitrogens is 2. The largest absolute Gasteiger partial charge is 0.348 e. The summed E-state index contributed by atoms with van der Waals surface area (Å²) in [4.78, 5) is 12.2. The molecule has 3 rings (SSSR count). The summed E-state index contributed by atoms with van der Waals surface area (Å²) >= 11 is 0. The minimum atomic E-state index is -0.138. The number of hydrogen-bond acceptors (Lipinski definition) is 4. The molecule has 0 saturated heterocycles. The zero-order chi connectivity index (χ0) is 17.9. The van der Waals surface area contributed by atoms with Crippen LogP contribution in [0.3, 0.4) is 0 Å². The van der Waals surface area contributed by atoms with Crippen LogP contribution in [-0.4, -0.2) is 22.1 Å². The molecule has 1 aliphatic rings. The van der Waals surface area contributed by atoms with Gasteiger partial charge in [-0.15, -0.1) is 10.2 Å². The number of nitrogens with zero attached hydrogens (tertiary/aromatic N) is 2. The fourth-order valence-corrected chi connectivity index (χ4v) is 3.05. The van der Waals surface area contributed by atoms with E-state index in [1.807, 2.05) is 12.1 Å². The van der Waals surface area contributed by atoms with Crippen LogP contribution in [0.2, 0.25) is 0 Å². The molecule has 1 fully saturated rings. The summed E-state index contributed by atoms with van der Waals surface area (Å²) in [6.07, 6.45) is 4.49. The molecule has 2 N–H and O–H groups in total. The van der Waals surface area contributed by atoms with Gasteiger partial charge in [0.25, 0.3) is 5.91 Å². The topological polar surface area (TPSA) is 66.9 Å². The van der Waals surface area contributed by atoms with Crippen LogP contribution in [0.5, 0.6) is 0 Å². The van der Waals surface area contributed by atoms with E-state index in [2.05, 4.69) is 53.7 Å². The zero-order valence-electron chi connectivity index (χ0n) is 15.2. The van der Waals surface area contributed by atoms with Crippen molar-refractivity contribution in [1.29, 1.82) is 0 Å². The standard InChI is InChI=1S/C20H26N4O/c1-20(2,3)14-8-10-16(11-9-14)21-18-13-12-17(23-24-18)19(25)22-15-6-4-5-7-15/h8-13,15H,4-7H2,1-3H3,(H,21,24)(H,22,25). The molecule has 0 bridgehead atoms. The first-order valence-electron chi connectivity index (χ1n) is 8.94. The predicted octanol–water partition coefficient (Wildman–Crippen LogP) is 4.19. The number of carbonyl (C=O) groups is 1. The Labute approximate surface area is 149 Å². The Bertz CT molecular complexity index is 711. The van der Waals surface area contributed by atoms with Gasteiger partial charge in [0.15, 0.2) is 11.5 Å². The van der Waals surface area contributed by atoms with Gasteiger partial charge in [0.1, 0.15) is 0 Å². The molecular formula is C20H26N4O. The van der Waals surface area contributed by atoms with Gasteiger partial charge in [-0.3, -0.25) is 4.79 Å². The Balaban J connectivity index is 1.61. The molecule has 0 aliphatic heterocycles. The molecule has 0 radical (unpaired) electrons. The minimum absolute atomic E-state index is 0.132. The van der Waals surface area contributed by atoms with Crippen LogP contribution >= 0.6 is 0 Å². The lowest BCUT2D eigenvalue weighted by atomic mass is 9.87. The first-order chi connectivity index (χ1) is 11.9. The third-order valence-electron chi connectivity index (χ3n) is 4.61. The van der Waals surface area contributed by atoms with Crippen molar-refractivity contribution in [2.45, 2.75) is 57.9 Å². The normalized spacial score (nSPS) is 15.2. The van der Waals surface area contributed by atoms with Gasteiger partial charge >= 0.3 is 0 Å². The van der Waals surface area contributed by atoms with E-state index in [1.54, 1.807) is 12.1 Å². The summed E-state index contributed by atoms with van der Waals surface area (Å²) in [5.41, 5.74) is 2.72. The van der Waals surface area contributed by atoms with Crippen molar-refractivity contribution < 1.29 is 4.79 Å². The molecule has 1 amide bonds. The van der Waals surface area contributed by atoms with Crippen molar-refractivity contribution in [2.24, 2.45) is 0 Å². The number of rotatable bonds is 4. The fraction of sp³-hybridized carbons (Fsp3) is 0.450. The summed E-state index contributed by atoms with van der Waals surface area (Å²) in [5, 5.41) is 14.4. The van der Waals surface area contributed by atoms with Crippen molar-refractivity contribution in [3.63, 3.8) is 0 Å². The highest BCUT2D eigenvalue weighted by Gasteiger charge is 2.19. The van der Waals surface area contributed by atoms with E-state index in [0.29, 0.717) is 11.5 Å². The van der Waals surface area contributed by atoms with Gasteiger partial charge in [0.05, 0.1) is 0 Å². The predicted molar refractivity (Wildman–Crippen MR) is 100 cm³/mol. The molecule has 0 atom stereocenters. The van der Waals surface area contributed by atoms with E-state index in [-0.39, 0.29) is 17.4 Å². The maximum Gasteiger partial charge on any atom is 0.272 e. The Morgan fingerprint density at radius 2 is 1.68 bits per heavy atom. The Morgan fingerprint density at radius 1 is 1.00 bits per heavy atom. The van der Waals surface area contributed by atoms with Crippen LogP contribution in [0.25, 0.3) is 0 Å². The van der Waals surface area contributed by atoms with Crippen LogP contribution in [0.4, 0.5) is 11.5 Å². The number of anilines is 2. The van der Waals surface area contributed by atoms with E-state index < -0.39 is 0 Å². The molecule has 2 aromatic rings. The summed E-state index contributed by atoms with van der Waals surface area (Å²) in [6.45, 7) is 6.57. The monoisotopic (exact) mass is 338 g/mol. The van der Waals surface area contributed by atoms with E-state index in [1.165, 1.54) is 18.4 Å². The maximum absolute atomic E-state index is 12.2. The molecule has 5 nitrogen and oxygen atoms in total. The SMILES string of the molecule is CC(C)(C)c1ccc(Nc2ccc(C(=O)NC3CCCC3)nn2)cc1. The third-order valence-corrected chi connectivity index (χ3v) is 4.61. The number of carbonyl (C=O) groups excluding carboxylic acids is 1. The number of nitrogens with one attached hydrogen (secondary N) is 2. The molecule has 1 saturated carbocycles. The van der Waals surface area contributed by atoms with Crippen molar-refractivity contribution in [1.82, 2.24) is 15.5 Å². The van der Waals surface area contributed by atoms with Crippen molar-refractivity contribution in [2.75, 3.05) is 5.32 Å². The molecule has 1 aliphatic carbocycles. The van der Waals surface area contributed by atoms with Gasteiger partial charge in [0, 0.05) is 11.7 Å². The number of benzene rings is 1. The third kappa shape index (κ3) is 4.56. The molecular weight excluding hydrogens is 312 g/mol. The smallest absolute Gasteiger partial charge is 0.272 e. The molecule has 1 aromatic heterocycles. The van der Waals surface area contributed by atoms with Gasteiger partial charge in [-0.05, 0) is 48.1 Å². The second-order valence-electron chi connectivity index (χ2n) is 7.71. The molecule has 5 heteroatoms. The van der Waals surface area contributed by atoms with Crippen LogP contribution in [0.15, 0.2) is 36.4 Å². The van der Waals surface area contributed by atoms with Gasteiger partial charge in [-0.25, -0.2) is 0 Å². The summed E-state index contributed by atoms with van der Waals surface area (Å²) < 4.78 is 0. The molecule has 132 valence electrons. The summed E-state index contributed by atoms with van der Waals surface area (Å²) in [7, 11) is 0. The van der Waals surface area contributed by atoms with E-state index >= 15 is 0 Å². The highest BCUT2D eigenvalue weighted by atomic mass is 16.2. The van der Waals surface area contributed by atoms with Crippen LogP contribution in [0, 0.1) is 0 Å². The molecule has 0 unspecified atom stereocenters. The lowest BCUT2D eigenvalue weighted by Crippen LogP contribution is -2.33. The van der Waals surface area contributed by atoms with Crippen LogP contribution < -0.4 is 10.6 Å². The van der Waals surface area contributed by atoms with Crippen molar-refractivity contribution >= 4 is 17.4 Å². The highest BCUT2D eigenvalue weighted by Crippen LogP contribution is 2.24. The highest BCUT2D eigenvalue weighted by molar-refractivity contribution is 5.92. The number of hydrogen-bond donors (Lipinski definition) is 2. The zero-order valence-corrected chi connectivity index (χ0v) is 15.2. The van der Waals surface area contributed by atoms with Crippen LogP contribution in [-0.2, 0) is 5.41 Å². The van der Waals surface area contributed by atoms with Crippen molar-refractivity contribution in [3.8, 4) is 0 Å². The van der Waals surface area contributed by atoms with E-state index in [9.17, 15) is 4.79 Å². The molecule has 25 heavy (non-hydrogen) atoms. The molecule has 1 heterocycles. The van der Waals surface area contributed by atoms with Gasteiger partial charge in [0.2, 0.25) is 0 Å². The fourth-order valence-electron chi connectivity index (χ4n) is 3.05. The van der Waals surface area contributed by atoms with Gasteiger partial charge < -0.3 is 10.6 Å². The Kier molecular flexibility index (Phi) is 5.02. The second-order valence-corrected chi connectivity index (χ2v) is 7.71. The molecule has 0 spiro atoms. The maximum atomic E-state index is 12.2. The average Bonchev–Trinajstić information content (AvgIpc) is 3.08. The lowest BCUT2D eigenvalue weighted by molar-refractivity contribution is 0.0932. The van der Waals surface area contributed by atoms with E-state index in [0.717, 1.165) is 18.5 Å². The molecule has 1 aromatic carbocycles. The lowest BCUT2D eigenvalue weighted by Gasteiger charge is -2.19. The number of amides is 1. The van der Waals surface area contributed by atoms with Crippen molar-refractivity contribution in [3.05, 3.63) is 47.7 Å².